The third-order valence-corrected chi connectivity index (χ3v) is 2.67. The Morgan fingerprint density at radius 2 is 2.28 bits per heavy atom. The van der Waals surface area contributed by atoms with Gasteiger partial charge in [0.2, 0.25) is 0 Å². The topological polar surface area (TPSA) is 63.3 Å². The third-order valence-electron chi connectivity index (χ3n) is 2.44. The highest BCUT2D eigenvalue weighted by Crippen LogP contribution is 2.15. The number of carboxylic acids is 1. The molecule has 4 nitrogen and oxygen atoms in total. The summed E-state index contributed by atoms with van der Waals surface area (Å²) in [4.78, 5) is 14.7. The van der Waals surface area contributed by atoms with E-state index in [1.807, 2.05) is 18.2 Å². The van der Waals surface area contributed by atoms with Crippen LogP contribution in [0.3, 0.4) is 0 Å². The number of aryl methyl sites for hydroxylation is 1. The van der Waals surface area contributed by atoms with Crippen LogP contribution >= 0.6 is 11.6 Å². The van der Waals surface area contributed by atoms with Crippen molar-refractivity contribution in [1.29, 1.82) is 0 Å². The average Bonchev–Trinajstić information content (AvgIpc) is 2.74. The quantitative estimate of drug-likeness (QED) is 0.903. The monoisotopic (exact) mass is 265 g/mol. The highest BCUT2D eigenvalue weighted by molar-refractivity contribution is 6.30. The predicted octanol–water partition coefficient (Wildman–Crippen LogP) is 2.94. The van der Waals surface area contributed by atoms with Gasteiger partial charge in [-0.2, -0.15) is 0 Å². The number of oxazole rings is 1. The van der Waals surface area contributed by atoms with Gasteiger partial charge >= 0.3 is 5.97 Å². The number of carbonyl (C=O) groups is 1. The van der Waals surface area contributed by atoms with Crippen LogP contribution in [0.5, 0.6) is 0 Å². The molecular weight excluding hydrogens is 254 g/mol. The zero-order valence-corrected chi connectivity index (χ0v) is 10.4. The molecule has 0 unspecified atom stereocenters. The molecular formula is C13H12ClNO3. The van der Waals surface area contributed by atoms with Gasteiger partial charge in [-0.1, -0.05) is 23.7 Å². The molecule has 2 aromatic rings. The fourth-order valence-corrected chi connectivity index (χ4v) is 1.81. The van der Waals surface area contributed by atoms with Crippen LogP contribution in [-0.2, 0) is 17.6 Å². The van der Waals surface area contributed by atoms with Gasteiger partial charge in [-0.3, -0.25) is 4.79 Å². The van der Waals surface area contributed by atoms with E-state index in [2.05, 4.69) is 4.98 Å². The Balaban J connectivity index is 2.00. The Bertz CT molecular complexity index is 551. The molecule has 0 atom stereocenters. The van der Waals surface area contributed by atoms with Gasteiger partial charge in [0.15, 0.2) is 5.89 Å². The Morgan fingerprint density at radius 3 is 3.00 bits per heavy atom. The van der Waals surface area contributed by atoms with Crippen molar-refractivity contribution >= 4 is 17.6 Å². The average molecular weight is 266 g/mol. The minimum Gasteiger partial charge on any atom is -0.481 e. The van der Waals surface area contributed by atoms with Crippen molar-refractivity contribution in [3.63, 3.8) is 0 Å². The summed E-state index contributed by atoms with van der Waals surface area (Å²) in [6.07, 6.45) is 2.49. The molecule has 0 bridgehead atoms. The molecule has 0 radical (unpaired) electrons. The largest absolute Gasteiger partial charge is 0.481 e. The number of benzene rings is 1. The molecule has 2 rings (SSSR count). The molecule has 0 fully saturated rings. The second-order valence-corrected chi connectivity index (χ2v) is 4.37. The van der Waals surface area contributed by atoms with E-state index in [0.29, 0.717) is 29.4 Å². The molecule has 0 saturated heterocycles. The standard InChI is InChI=1S/C13H12ClNO3/c14-10-3-1-2-9(6-10)7-12-15-11(8-18-12)4-5-13(16)17/h1-3,6,8H,4-5,7H2,(H,16,17). The van der Waals surface area contributed by atoms with Crippen molar-refractivity contribution in [2.75, 3.05) is 0 Å². The van der Waals surface area contributed by atoms with E-state index in [-0.39, 0.29) is 6.42 Å². The zero-order valence-electron chi connectivity index (χ0n) is 9.60. The maximum atomic E-state index is 10.4. The van der Waals surface area contributed by atoms with Gasteiger partial charge in [-0.05, 0) is 17.7 Å². The van der Waals surface area contributed by atoms with Gasteiger partial charge in [0, 0.05) is 17.9 Å². The molecule has 0 aliphatic heterocycles. The van der Waals surface area contributed by atoms with Gasteiger partial charge < -0.3 is 9.52 Å². The van der Waals surface area contributed by atoms with Crippen molar-refractivity contribution in [2.45, 2.75) is 19.3 Å². The molecule has 94 valence electrons. The first kappa shape index (κ1) is 12.6. The summed E-state index contributed by atoms with van der Waals surface area (Å²) >= 11 is 5.88. The van der Waals surface area contributed by atoms with E-state index in [0.717, 1.165) is 5.56 Å². The van der Waals surface area contributed by atoms with E-state index < -0.39 is 5.97 Å². The summed E-state index contributed by atoms with van der Waals surface area (Å²) in [5.41, 5.74) is 1.67. The fraction of sp³-hybridized carbons (Fsp3) is 0.231. The maximum Gasteiger partial charge on any atom is 0.303 e. The number of nitrogens with zero attached hydrogens (tertiary/aromatic N) is 1. The molecule has 5 heteroatoms. The molecule has 18 heavy (non-hydrogen) atoms. The van der Waals surface area contributed by atoms with Crippen molar-refractivity contribution in [3.05, 3.63) is 52.7 Å². The highest BCUT2D eigenvalue weighted by Gasteiger charge is 2.07. The maximum absolute atomic E-state index is 10.4. The summed E-state index contributed by atoms with van der Waals surface area (Å²) in [6, 6.07) is 7.46. The lowest BCUT2D eigenvalue weighted by Crippen LogP contribution is -1.98. The second kappa shape index (κ2) is 5.69. The van der Waals surface area contributed by atoms with E-state index in [1.54, 1.807) is 6.07 Å². The van der Waals surface area contributed by atoms with E-state index in [9.17, 15) is 4.79 Å². The first-order valence-electron chi connectivity index (χ1n) is 5.53. The van der Waals surface area contributed by atoms with E-state index in [1.165, 1.54) is 6.26 Å². The SMILES string of the molecule is O=C(O)CCc1coc(Cc2cccc(Cl)c2)n1. The lowest BCUT2D eigenvalue weighted by Gasteiger charge is -1.97. The van der Waals surface area contributed by atoms with Gasteiger partial charge in [0.05, 0.1) is 12.1 Å². The minimum atomic E-state index is -0.839. The van der Waals surface area contributed by atoms with Crippen LogP contribution in [-0.4, -0.2) is 16.1 Å². The second-order valence-electron chi connectivity index (χ2n) is 3.93. The summed E-state index contributed by atoms with van der Waals surface area (Å²) in [7, 11) is 0. The Kier molecular flexibility index (Phi) is 3.99. The molecule has 1 heterocycles. The van der Waals surface area contributed by atoms with Crippen LogP contribution in [0.15, 0.2) is 34.9 Å². The Labute approximate surface area is 109 Å². The number of halogens is 1. The summed E-state index contributed by atoms with van der Waals surface area (Å²) in [6.45, 7) is 0. The number of aromatic nitrogens is 1. The van der Waals surface area contributed by atoms with E-state index >= 15 is 0 Å². The van der Waals surface area contributed by atoms with Crippen molar-refractivity contribution in [3.8, 4) is 0 Å². The van der Waals surface area contributed by atoms with Crippen molar-refractivity contribution in [1.82, 2.24) is 4.98 Å². The van der Waals surface area contributed by atoms with Crippen LogP contribution in [0.4, 0.5) is 0 Å². The molecule has 1 aromatic heterocycles. The lowest BCUT2D eigenvalue weighted by atomic mass is 10.1. The number of hydrogen-bond acceptors (Lipinski definition) is 3. The minimum absolute atomic E-state index is 0.0587. The van der Waals surface area contributed by atoms with Gasteiger partial charge in [0.1, 0.15) is 6.26 Å². The van der Waals surface area contributed by atoms with Crippen LogP contribution in [0.25, 0.3) is 0 Å². The van der Waals surface area contributed by atoms with Crippen LogP contribution < -0.4 is 0 Å². The van der Waals surface area contributed by atoms with Crippen molar-refractivity contribution in [2.24, 2.45) is 0 Å². The van der Waals surface area contributed by atoms with Crippen molar-refractivity contribution < 1.29 is 14.3 Å². The molecule has 0 amide bonds. The lowest BCUT2D eigenvalue weighted by molar-refractivity contribution is -0.136. The first-order chi connectivity index (χ1) is 8.63. The molecule has 0 aliphatic carbocycles. The van der Waals surface area contributed by atoms with Crippen LogP contribution in [0.2, 0.25) is 5.02 Å². The van der Waals surface area contributed by atoms with Gasteiger partial charge in [-0.25, -0.2) is 4.98 Å². The fourth-order valence-electron chi connectivity index (χ4n) is 1.60. The summed E-state index contributed by atoms with van der Waals surface area (Å²) in [5, 5.41) is 9.25. The normalized spacial score (nSPS) is 10.5. The number of hydrogen-bond donors (Lipinski definition) is 1. The van der Waals surface area contributed by atoms with Gasteiger partial charge in [0.25, 0.3) is 0 Å². The Morgan fingerprint density at radius 1 is 1.44 bits per heavy atom. The third kappa shape index (κ3) is 3.60. The molecule has 0 aliphatic rings. The molecule has 0 saturated carbocycles. The molecule has 0 spiro atoms. The predicted molar refractivity (Wildman–Crippen MR) is 66.7 cm³/mol. The first-order valence-corrected chi connectivity index (χ1v) is 5.91. The molecule has 1 aromatic carbocycles. The summed E-state index contributed by atoms with van der Waals surface area (Å²) in [5.74, 6) is -0.271. The number of carboxylic acid groups (broad SMARTS) is 1. The Hall–Kier alpha value is -1.81. The summed E-state index contributed by atoms with van der Waals surface area (Å²) < 4.78 is 5.29. The van der Waals surface area contributed by atoms with E-state index in [4.69, 9.17) is 21.1 Å². The zero-order chi connectivity index (χ0) is 13.0. The van der Waals surface area contributed by atoms with Crippen LogP contribution in [0, 0.1) is 0 Å². The smallest absolute Gasteiger partial charge is 0.303 e. The number of rotatable bonds is 5. The highest BCUT2D eigenvalue weighted by atomic mass is 35.5. The molecule has 1 N–H and O–H groups in total. The van der Waals surface area contributed by atoms with Gasteiger partial charge in [-0.15, -0.1) is 0 Å². The number of aliphatic carboxylic acids is 1. The van der Waals surface area contributed by atoms with Crippen LogP contribution in [0.1, 0.15) is 23.6 Å².